The Bertz CT molecular complexity index is 890. The van der Waals surface area contributed by atoms with Gasteiger partial charge < -0.3 is 9.64 Å². The molecular formula is C19H16F2N2O2S. The average Bonchev–Trinajstić information content (AvgIpc) is 3.03. The Morgan fingerprint density at radius 1 is 1.23 bits per heavy atom. The van der Waals surface area contributed by atoms with Gasteiger partial charge in [0, 0.05) is 19.7 Å². The van der Waals surface area contributed by atoms with Gasteiger partial charge in [0.2, 0.25) is 5.91 Å². The summed E-state index contributed by atoms with van der Waals surface area (Å²) < 4.78 is 29.7. The van der Waals surface area contributed by atoms with Crippen LogP contribution in [-0.4, -0.2) is 29.5 Å². The summed E-state index contributed by atoms with van der Waals surface area (Å²) in [5.41, 5.74) is 1.72. The molecule has 1 aromatic heterocycles. The molecule has 3 aromatic rings. The molecule has 0 saturated heterocycles. The fourth-order valence-corrected chi connectivity index (χ4v) is 3.23. The lowest BCUT2D eigenvalue weighted by Crippen LogP contribution is -2.24. The number of benzene rings is 2. The first-order chi connectivity index (χ1) is 12.5. The maximum Gasteiger partial charge on any atom is 0.387 e. The van der Waals surface area contributed by atoms with Gasteiger partial charge in [-0.3, -0.25) is 4.79 Å². The molecule has 1 heterocycles. The lowest BCUT2D eigenvalue weighted by atomic mass is 10.2. The van der Waals surface area contributed by atoms with Crippen molar-refractivity contribution in [3.8, 4) is 5.75 Å². The zero-order valence-electron chi connectivity index (χ0n) is 13.9. The van der Waals surface area contributed by atoms with Crippen LogP contribution < -0.4 is 4.74 Å². The third-order valence-corrected chi connectivity index (χ3v) is 4.63. The molecule has 2 aromatic carbocycles. The lowest BCUT2D eigenvalue weighted by molar-refractivity contribution is -0.125. The number of carbonyl (C=O) groups is 1. The summed E-state index contributed by atoms with van der Waals surface area (Å²) in [5.74, 6) is -0.0781. The maximum atomic E-state index is 12.2. The van der Waals surface area contributed by atoms with Crippen molar-refractivity contribution in [2.75, 3.05) is 7.05 Å². The molecule has 0 saturated carbocycles. The molecule has 1 amide bonds. The van der Waals surface area contributed by atoms with Crippen molar-refractivity contribution in [2.24, 2.45) is 0 Å². The molecule has 0 aliphatic heterocycles. The van der Waals surface area contributed by atoms with E-state index in [4.69, 9.17) is 0 Å². The number of hydrogen-bond donors (Lipinski definition) is 0. The summed E-state index contributed by atoms with van der Waals surface area (Å²) in [5, 5.41) is 0.765. The second-order valence-corrected chi connectivity index (χ2v) is 6.63. The molecule has 134 valence electrons. The highest BCUT2D eigenvalue weighted by Gasteiger charge is 2.08. The highest BCUT2D eigenvalue weighted by Crippen LogP contribution is 2.22. The van der Waals surface area contributed by atoms with Crippen LogP contribution in [0.15, 0.2) is 54.6 Å². The van der Waals surface area contributed by atoms with Gasteiger partial charge in [-0.05, 0) is 35.9 Å². The van der Waals surface area contributed by atoms with E-state index in [0.717, 1.165) is 20.8 Å². The van der Waals surface area contributed by atoms with Crippen LogP contribution in [0.1, 0.15) is 10.6 Å². The molecule has 0 fully saturated rings. The van der Waals surface area contributed by atoms with Crippen molar-refractivity contribution in [1.82, 2.24) is 9.88 Å². The number of halogens is 2. The molecule has 0 aliphatic carbocycles. The van der Waals surface area contributed by atoms with Gasteiger partial charge >= 0.3 is 6.61 Å². The Balaban J connectivity index is 1.60. The largest absolute Gasteiger partial charge is 0.435 e. The third kappa shape index (κ3) is 4.64. The van der Waals surface area contributed by atoms with Crippen molar-refractivity contribution in [1.29, 1.82) is 0 Å². The summed E-state index contributed by atoms with van der Waals surface area (Å²) in [6, 6.07) is 14.0. The number of likely N-dealkylation sites (N-methyl/N-ethyl adjacent to an activating group) is 1. The van der Waals surface area contributed by atoms with E-state index >= 15 is 0 Å². The highest BCUT2D eigenvalue weighted by molar-refractivity contribution is 7.19. The van der Waals surface area contributed by atoms with Crippen molar-refractivity contribution in [3.05, 3.63) is 65.2 Å². The molecule has 0 aliphatic rings. The van der Waals surface area contributed by atoms with Gasteiger partial charge in [0.15, 0.2) is 0 Å². The monoisotopic (exact) mass is 374 g/mol. The number of alkyl halides is 2. The van der Waals surface area contributed by atoms with E-state index in [1.807, 2.05) is 24.3 Å². The van der Waals surface area contributed by atoms with Gasteiger partial charge in [-0.2, -0.15) is 8.78 Å². The lowest BCUT2D eigenvalue weighted by Gasteiger charge is -2.15. The zero-order chi connectivity index (χ0) is 18.5. The van der Waals surface area contributed by atoms with E-state index < -0.39 is 6.61 Å². The fraction of sp³-hybridized carbons (Fsp3) is 0.158. The standard InChI is InChI=1S/C19H16F2N2O2S/c1-23(12-13-6-8-14(9-7-13)25-19(20)21)18(24)11-10-17-22-15-4-2-3-5-16(15)26-17/h2-11,19H,12H2,1H3/b11-10+. The van der Waals surface area contributed by atoms with E-state index in [1.165, 1.54) is 34.4 Å². The first-order valence-electron chi connectivity index (χ1n) is 7.84. The Morgan fingerprint density at radius 2 is 1.96 bits per heavy atom. The van der Waals surface area contributed by atoms with E-state index in [-0.39, 0.29) is 11.7 Å². The summed E-state index contributed by atoms with van der Waals surface area (Å²) in [6.45, 7) is -2.49. The molecular weight excluding hydrogens is 358 g/mol. The SMILES string of the molecule is CN(Cc1ccc(OC(F)F)cc1)C(=O)/C=C/c1nc2ccccc2s1. The van der Waals surface area contributed by atoms with E-state index in [0.29, 0.717) is 6.54 Å². The van der Waals surface area contributed by atoms with Crippen LogP contribution in [0, 0.1) is 0 Å². The Morgan fingerprint density at radius 3 is 2.65 bits per heavy atom. The van der Waals surface area contributed by atoms with Crippen molar-refractivity contribution in [3.63, 3.8) is 0 Å². The fourth-order valence-electron chi connectivity index (χ4n) is 2.36. The minimum Gasteiger partial charge on any atom is -0.435 e. The van der Waals surface area contributed by atoms with Crippen LogP contribution >= 0.6 is 11.3 Å². The zero-order valence-corrected chi connectivity index (χ0v) is 14.7. The molecule has 0 unspecified atom stereocenters. The maximum absolute atomic E-state index is 12.2. The smallest absolute Gasteiger partial charge is 0.387 e. The molecule has 0 N–H and O–H groups in total. The number of fused-ring (bicyclic) bond motifs is 1. The topological polar surface area (TPSA) is 42.4 Å². The molecule has 0 atom stereocenters. The first kappa shape index (κ1) is 18.0. The second-order valence-electron chi connectivity index (χ2n) is 5.57. The first-order valence-corrected chi connectivity index (χ1v) is 8.65. The number of hydrogen-bond acceptors (Lipinski definition) is 4. The summed E-state index contributed by atoms with van der Waals surface area (Å²) in [6.07, 6.45) is 3.18. The molecule has 0 radical (unpaired) electrons. The van der Waals surface area contributed by atoms with Gasteiger partial charge in [-0.1, -0.05) is 24.3 Å². The van der Waals surface area contributed by atoms with Gasteiger partial charge in [0.25, 0.3) is 0 Å². The molecule has 4 nitrogen and oxygen atoms in total. The van der Waals surface area contributed by atoms with E-state index in [2.05, 4.69) is 9.72 Å². The van der Waals surface area contributed by atoms with E-state index in [1.54, 1.807) is 25.3 Å². The quantitative estimate of drug-likeness (QED) is 0.594. The average molecular weight is 374 g/mol. The summed E-state index contributed by atoms with van der Waals surface area (Å²) in [4.78, 5) is 18.2. The van der Waals surface area contributed by atoms with Crippen molar-refractivity contribution < 1.29 is 18.3 Å². The van der Waals surface area contributed by atoms with Gasteiger partial charge in [-0.15, -0.1) is 11.3 Å². The van der Waals surface area contributed by atoms with Gasteiger partial charge in [0.1, 0.15) is 10.8 Å². The Hall–Kier alpha value is -2.80. The number of nitrogens with zero attached hydrogens (tertiary/aromatic N) is 2. The van der Waals surface area contributed by atoms with Gasteiger partial charge in [0.05, 0.1) is 10.2 Å². The normalized spacial score (nSPS) is 11.4. The minimum atomic E-state index is -2.85. The molecule has 7 heteroatoms. The minimum absolute atomic E-state index is 0.0912. The number of amides is 1. The number of carbonyl (C=O) groups excluding carboxylic acids is 1. The Labute approximate surface area is 153 Å². The van der Waals surface area contributed by atoms with Crippen LogP contribution in [0.2, 0.25) is 0 Å². The van der Waals surface area contributed by atoms with Gasteiger partial charge in [-0.25, -0.2) is 4.98 Å². The second kappa shape index (κ2) is 8.05. The number of thiazole rings is 1. The predicted octanol–water partition coefficient (Wildman–Crippen LogP) is 4.57. The third-order valence-electron chi connectivity index (χ3n) is 3.62. The number of para-hydroxylation sites is 1. The predicted molar refractivity (Wildman–Crippen MR) is 98.2 cm³/mol. The van der Waals surface area contributed by atoms with Crippen LogP contribution in [-0.2, 0) is 11.3 Å². The summed E-state index contributed by atoms with van der Waals surface area (Å²) in [7, 11) is 1.68. The molecule has 26 heavy (non-hydrogen) atoms. The van der Waals surface area contributed by atoms with Crippen molar-refractivity contribution >= 4 is 33.5 Å². The van der Waals surface area contributed by atoms with E-state index in [9.17, 15) is 13.6 Å². The number of rotatable bonds is 6. The van der Waals surface area contributed by atoms with Crippen LogP contribution in [0.4, 0.5) is 8.78 Å². The van der Waals surface area contributed by atoms with Crippen LogP contribution in [0.25, 0.3) is 16.3 Å². The molecule has 3 rings (SSSR count). The molecule has 0 bridgehead atoms. The van der Waals surface area contributed by atoms with Crippen LogP contribution in [0.5, 0.6) is 5.75 Å². The number of aromatic nitrogens is 1. The molecule has 0 spiro atoms. The number of ether oxygens (including phenoxy) is 1. The summed E-state index contributed by atoms with van der Waals surface area (Å²) >= 11 is 1.52. The Kier molecular flexibility index (Phi) is 5.58. The highest BCUT2D eigenvalue weighted by atomic mass is 32.1. The van der Waals surface area contributed by atoms with Crippen molar-refractivity contribution in [2.45, 2.75) is 13.2 Å². The van der Waals surface area contributed by atoms with Crippen LogP contribution in [0.3, 0.4) is 0 Å².